The molecule has 0 aliphatic heterocycles. The van der Waals surface area contributed by atoms with E-state index in [0.29, 0.717) is 31.8 Å². The zero-order valence-electron chi connectivity index (χ0n) is 22.6. The molecule has 2 aromatic carbocycles. The second-order valence-electron chi connectivity index (χ2n) is 9.48. The van der Waals surface area contributed by atoms with Crippen molar-refractivity contribution in [2.75, 3.05) is 52.0 Å². The minimum atomic E-state index is -3.99. The van der Waals surface area contributed by atoms with Crippen molar-refractivity contribution in [1.29, 1.82) is 0 Å². The molecule has 0 radical (unpaired) electrons. The normalized spacial score (nSPS) is 15.9. The Labute approximate surface area is 229 Å². The fourth-order valence-corrected chi connectivity index (χ4v) is 5.93. The fraction of sp³-hybridized carbons (Fsp3) is 0.519. The van der Waals surface area contributed by atoms with E-state index in [0.717, 1.165) is 54.6 Å². The van der Waals surface area contributed by atoms with Gasteiger partial charge >= 0.3 is 0 Å². The Morgan fingerprint density at radius 3 is 2.64 bits per heavy atom. The SMILES string of the molecule is C=NOCCOCCOC1CCCCCc2c1nnn2CCOS(=O)(=O)c1cccc2c(N(C)C)cccc12. The molecule has 0 bridgehead atoms. The molecule has 1 aliphatic rings. The molecule has 0 amide bonds. The second kappa shape index (κ2) is 13.8. The Balaban J connectivity index is 1.40. The lowest BCUT2D eigenvalue weighted by Gasteiger charge is -2.20. The first-order valence-electron chi connectivity index (χ1n) is 13.2. The van der Waals surface area contributed by atoms with Crippen LogP contribution in [0, 0.1) is 0 Å². The van der Waals surface area contributed by atoms with Crippen molar-refractivity contribution in [3.63, 3.8) is 0 Å². The molecule has 4 rings (SSSR count). The molecule has 212 valence electrons. The first kappa shape index (κ1) is 28.9. The third-order valence-corrected chi connectivity index (χ3v) is 8.03. The molecule has 12 heteroatoms. The largest absolute Gasteiger partial charge is 0.394 e. The van der Waals surface area contributed by atoms with Crippen LogP contribution in [0.15, 0.2) is 46.4 Å². The number of hydrogen-bond donors (Lipinski definition) is 0. The summed E-state index contributed by atoms with van der Waals surface area (Å²) in [6.45, 7) is 5.07. The Hall–Kier alpha value is -3.06. The molecule has 0 fully saturated rings. The maximum atomic E-state index is 13.2. The van der Waals surface area contributed by atoms with Crippen LogP contribution in [0.5, 0.6) is 0 Å². The van der Waals surface area contributed by atoms with E-state index in [-0.39, 0.29) is 24.2 Å². The van der Waals surface area contributed by atoms with Crippen molar-refractivity contribution in [3.05, 3.63) is 47.8 Å². The third kappa shape index (κ3) is 7.33. The minimum Gasteiger partial charge on any atom is -0.394 e. The summed E-state index contributed by atoms with van der Waals surface area (Å²) in [6.07, 6.45) is 4.59. The van der Waals surface area contributed by atoms with Crippen LogP contribution >= 0.6 is 0 Å². The molecule has 0 saturated heterocycles. The summed E-state index contributed by atoms with van der Waals surface area (Å²) in [5.74, 6) is 0. The van der Waals surface area contributed by atoms with Gasteiger partial charge in [0.1, 0.15) is 23.3 Å². The smallest absolute Gasteiger partial charge is 0.297 e. The van der Waals surface area contributed by atoms with Crippen LogP contribution in [-0.2, 0) is 41.6 Å². The topological polar surface area (TPSA) is 117 Å². The van der Waals surface area contributed by atoms with Gasteiger partial charge in [-0.3, -0.25) is 4.18 Å². The quantitative estimate of drug-likeness (QED) is 0.126. The van der Waals surface area contributed by atoms with E-state index in [1.165, 1.54) is 0 Å². The predicted molar refractivity (Wildman–Crippen MR) is 149 cm³/mol. The third-order valence-electron chi connectivity index (χ3n) is 6.66. The number of benzene rings is 2. The van der Waals surface area contributed by atoms with Crippen LogP contribution < -0.4 is 4.90 Å². The van der Waals surface area contributed by atoms with Gasteiger partial charge in [-0.05, 0) is 31.4 Å². The monoisotopic (exact) mass is 559 g/mol. The zero-order valence-corrected chi connectivity index (χ0v) is 23.4. The van der Waals surface area contributed by atoms with Crippen LogP contribution in [0.25, 0.3) is 10.8 Å². The number of aromatic nitrogens is 3. The van der Waals surface area contributed by atoms with Crippen LogP contribution in [0.2, 0.25) is 0 Å². The Kier molecular flexibility index (Phi) is 10.3. The van der Waals surface area contributed by atoms with Gasteiger partial charge in [-0.15, -0.1) is 10.3 Å². The van der Waals surface area contributed by atoms with E-state index in [9.17, 15) is 8.42 Å². The van der Waals surface area contributed by atoms with Gasteiger partial charge in [0.05, 0.1) is 38.7 Å². The van der Waals surface area contributed by atoms with E-state index in [2.05, 4.69) is 22.2 Å². The summed E-state index contributed by atoms with van der Waals surface area (Å²) in [6, 6.07) is 10.8. The Bertz CT molecular complexity index is 1340. The van der Waals surface area contributed by atoms with Crippen molar-refractivity contribution >= 4 is 33.3 Å². The van der Waals surface area contributed by atoms with Crippen LogP contribution in [0.4, 0.5) is 5.69 Å². The first-order valence-corrected chi connectivity index (χ1v) is 14.6. The van der Waals surface area contributed by atoms with Gasteiger partial charge in [0.25, 0.3) is 10.1 Å². The predicted octanol–water partition coefficient (Wildman–Crippen LogP) is 3.73. The van der Waals surface area contributed by atoms with Crippen molar-refractivity contribution < 1.29 is 26.9 Å². The summed E-state index contributed by atoms with van der Waals surface area (Å²) in [5.41, 5.74) is 2.71. The highest BCUT2D eigenvalue weighted by Gasteiger charge is 2.25. The minimum absolute atomic E-state index is 0.0527. The maximum absolute atomic E-state index is 13.2. The molecule has 1 atom stereocenters. The Morgan fingerprint density at radius 2 is 1.82 bits per heavy atom. The highest BCUT2D eigenvalue weighted by Crippen LogP contribution is 2.31. The van der Waals surface area contributed by atoms with Gasteiger partial charge < -0.3 is 19.2 Å². The van der Waals surface area contributed by atoms with Gasteiger partial charge in [0, 0.05) is 37.3 Å². The zero-order chi connectivity index (χ0) is 27.7. The van der Waals surface area contributed by atoms with Crippen molar-refractivity contribution in [3.8, 4) is 0 Å². The highest BCUT2D eigenvalue weighted by molar-refractivity contribution is 7.87. The summed E-state index contributed by atoms with van der Waals surface area (Å²) in [4.78, 5) is 6.91. The van der Waals surface area contributed by atoms with Gasteiger partial charge in [-0.25, -0.2) is 4.68 Å². The van der Waals surface area contributed by atoms with Crippen molar-refractivity contribution in [2.24, 2.45) is 5.16 Å². The highest BCUT2D eigenvalue weighted by atomic mass is 32.2. The summed E-state index contributed by atoms with van der Waals surface area (Å²) in [5, 5.41) is 13.5. The fourth-order valence-electron chi connectivity index (χ4n) is 4.81. The number of fused-ring (bicyclic) bond motifs is 2. The van der Waals surface area contributed by atoms with E-state index < -0.39 is 10.1 Å². The molecule has 1 aromatic heterocycles. The average molecular weight is 560 g/mol. The summed E-state index contributed by atoms with van der Waals surface area (Å²) >= 11 is 0. The lowest BCUT2D eigenvalue weighted by Crippen LogP contribution is -2.17. The molecule has 1 aliphatic carbocycles. The van der Waals surface area contributed by atoms with Gasteiger partial charge in [-0.2, -0.15) is 8.42 Å². The van der Waals surface area contributed by atoms with Gasteiger partial charge in [-0.1, -0.05) is 42.3 Å². The van der Waals surface area contributed by atoms with Crippen LogP contribution in [-0.4, -0.2) is 77.3 Å². The van der Waals surface area contributed by atoms with E-state index >= 15 is 0 Å². The number of oxime groups is 1. The molecule has 11 nitrogen and oxygen atoms in total. The Morgan fingerprint density at radius 1 is 1.03 bits per heavy atom. The van der Waals surface area contributed by atoms with E-state index in [4.69, 9.17) is 18.5 Å². The number of rotatable bonds is 14. The molecule has 0 saturated carbocycles. The molecule has 39 heavy (non-hydrogen) atoms. The summed E-state index contributed by atoms with van der Waals surface area (Å²) < 4.78 is 45.2. The molecular formula is C27H37N5O6S. The van der Waals surface area contributed by atoms with Gasteiger partial charge in [0.15, 0.2) is 0 Å². The van der Waals surface area contributed by atoms with E-state index in [1.54, 1.807) is 22.9 Å². The van der Waals surface area contributed by atoms with Gasteiger partial charge in [0.2, 0.25) is 0 Å². The standard InChI is InChI=1S/C27H37N5O6S/c1-28-37-20-18-35-17-19-36-25-13-6-4-5-11-24-27(25)29-30-32(24)15-16-38-39(33,34)26-14-8-9-21-22(26)10-7-12-23(21)31(2)3/h7-10,12,14,25H,1,4-6,11,13,15-20H2,2-3H3. The molecule has 3 aromatic rings. The lowest BCUT2D eigenvalue weighted by atomic mass is 9.99. The molecule has 1 heterocycles. The van der Waals surface area contributed by atoms with Crippen molar-refractivity contribution in [2.45, 2.75) is 49.6 Å². The second-order valence-corrected chi connectivity index (χ2v) is 11.1. The lowest BCUT2D eigenvalue weighted by molar-refractivity contribution is -0.0167. The number of ether oxygens (including phenoxy) is 2. The molecule has 0 N–H and O–H groups in total. The average Bonchev–Trinajstić information content (AvgIpc) is 3.30. The number of anilines is 1. The van der Waals surface area contributed by atoms with Crippen molar-refractivity contribution in [1.82, 2.24) is 15.0 Å². The molecular weight excluding hydrogens is 522 g/mol. The number of nitrogens with zero attached hydrogens (tertiary/aromatic N) is 5. The maximum Gasteiger partial charge on any atom is 0.297 e. The van der Waals surface area contributed by atoms with Crippen LogP contribution in [0.3, 0.4) is 0 Å². The van der Waals surface area contributed by atoms with E-state index in [1.807, 2.05) is 37.2 Å². The molecule has 1 unspecified atom stereocenters. The molecule has 0 spiro atoms. The van der Waals surface area contributed by atoms with Crippen LogP contribution in [0.1, 0.15) is 43.2 Å². The number of hydrogen-bond acceptors (Lipinski definition) is 10. The first-order chi connectivity index (χ1) is 18.9. The summed E-state index contributed by atoms with van der Waals surface area (Å²) in [7, 11) is -0.131.